The lowest BCUT2D eigenvalue weighted by molar-refractivity contribution is -0.154. The van der Waals surface area contributed by atoms with E-state index >= 15 is 0 Å². The lowest BCUT2D eigenvalue weighted by Gasteiger charge is -2.30. The number of piperidine rings is 1. The van der Waals surface area contributed by atoms with Crippen molar-refractivity contribution in [1.29, 1.82) is 0 Å². The summed E-state index contributed by atoms with van der Waals surface area (Å²) < 4.78 is 43.0. The predicted molar refractivity (Wildman–Crippen MR) is 80.0 cm³/mol. The van der Waals surface area contributed by atoms with Crippen LogP contribution in [0, 0.1) is 11.7 Å². The van der Waals surface area contributed by atoms with Gasteiger partial charge in [0.1, 0.15) is 11.9 Å². The van der Waals surface area contributed by atoms with Gasteiger partial charge in [-0.05, 0) is 37.5 Å². The van der Waals surface area contributed by atoms with Crippen LogP contribution in [0.1, 0.15) is 31.4 Å². The van der Waals surface area contributed by atoms with Gasteiger partial charge in [0.15, 0.2) is 0 Å². The van der Waals surface area contributed by atoms with Crippen molar-refractivity contribution in [2.45, 2.75) is 25.9 Å². The summed E-state index contributed by atoms with van der Waals surface area (Å²) >= 11 is 0. The monoisotopic (exact) mass is 329 g/mol. The zero-order valence-corrected chi connectivity index (χ0v) is 13.5. The van der Waals surface area contributed by atoms with E-state index in [1.54, 1.807) is 19.1 Å². The van der Waals surface area contributed by atoms with Crippen LogP contribution in [0.4, 0.5) is 4.39 Å². The van der Waals surface area contributed by atoms with Crippen molar-refractivity contribution in [3.05, 3.63) is 35.6 Å². The Morgan fingerprint density at radius 3 is 2.82 bits per heavy atom. The second-order valence-corrected chi connectivity index (χ2v) is 7.58. The van der Waals surface area contributed by atoms with Gasteiger partial charge >= 0.3 is 5.97 Å². The van der Waals surface area contributed by atoms with Crippen molar-refractivity contribution in [2.24, 2.45) is 5.92 Å². The second kappa shape index (κ2) is 6.75. The molecule has 5 nitrogen and oxygen atoms in total. The number of carbonyl (C=O) groups is 1. The van der Waals surface area contributed by atoms with Crippen LogP contribution in [0.25, 0.3) is 0 Å². The normalized spacial score (nSPS) is 21.3. The highest BCUT2D eigenvalue weighted by atomic mass is 32.2. The van der Waals surface area contributed by atoms with Gasteiger partial charge in [0, 0.05) is 13.1 Å². The second-order valence-electron chi connectivity index (χ2n) is 5.59. The van der Waals surface area contributed by atoms with Crippen molar-refractivity contribution in [2.75, 3.05) is 19.3 Å². The number of esters is 1. The van der Waals surface area contributed by atoms with Crippen LogP contribution in [0.5, 0.6) is 0 Å². The standard InChI is InChI=1S/C15H20FNO4S/c1-11(12-5-3-7-14(16)9-12)21-15(18)13-6-4-8-17(10-13)22(2,19)20/h3,5,7,9,11,13H,4,6,8,10H2,1-2H3/t11-,13-/m1/s1. The SMILES string of the molecule is C[C@@H](OC(=O)[C@@H]1CCCN(S(C)(=O)=O)C1)c1cccc(F)c1. The highest BCUT2D eigenvalue weighted by molar-refractivity contribution is 7.88. The minimum Gasteiger partial charge on any atom is -0.458 e. The number of halogens is 1. The summed E-state index contributed by atoms with van der Waals surface area (Å²) in [5.74, 6) is -1.30. The molecule has 0 N–H and O–H groups in total. The Morgan fingerprint density at radius 2 is 2.18 bits per heavy atom. The van der Waals surface area contributed by atoms with E-state index in [0.29, 0.717) is 24.9 Å². The summed E-state index contributed by atoms with van der Waals surface area (Å²) in [6.07, 6.45) is 1.79. The van der Waals surface area contributed by atoms with Crippen LogP contribution in [0.15, 0.2) is 24.3 Å². The van der Waals surface area contributed by atoms with Gasteiger partial charge in [-0.25, -0.2) is 17.1 Å². The molecule has 0 radical (unpaired) electrons. The van der Waals surface area contributed by atoms with Crippen LogP contribution in [-0.2, 0) is 19.6 Å². The highest BCUT2D eigenvalue weighted by Gasteiger charge is 2.32. The Balaban J connectivity index is 1.99. The van der Waals surface area contributed by atoms with Gasteiger partial charge in [0.2, 0.25) is 10.0 Å². The van der Waals surface area contributed by atoms with Crippen molar-refractivity contribution in [3.8, 4) is 0 Å². The zero-order chi connectivity index (χ0) is 16.3. The molecule has 1 aromatic carbocycles. The van der Waals surface area contributed by atoms with Crippen LogP contribution >= 0.6 is 0 Å². The van der Waals surface area contributed by atoms with E-state index in [9.17, 15) is 17.6 Å². The van der Waals surface area contributed by atoms with E-state index in [4.69, 9.17) is 4.74 Å². The molecule has 122 valence electrons. The number of carbonyl (C=O) groups excluding carboxylic acids is 1. The molecule has 1 fully saturated rings. The molecule has 0 saturated carbocycles. The third kappa shape index (κ3) is 4.27. The van der Waals surface area contributed by atoms with Gasteiger partial charge in [-0.3, -0.25) is 4.79 Å². The minimum atomic E-state index is -3.30. The van der Waals surface area contributed by atoms with Crippen LogP contribution in [-0.4, -0.2) is 38.0 Å². The number of rotatable bonds is 4. The molecule has 0 aromatic heterocycles. The molecule has 0 amide bonds. The van der Waals surface area contributed by atoms with Crippen molar-refractivity contribution < 1.29 is 22.3 Å². The first-order valence-electron chi connectivity index (χ1n) is 7.18. The van der Waals surface area contributed by atoms with E-state index in [1.165, 1.54) is 16.4 Å². The average molecular weight is 329 g/mol. The number of hydrogen-bond donors (Lipinski definition) is 0. The first kappa shape index (κ1) is 16.9. The maximum atomic E-state index is 13.2. The van der Waals surface area contributed by atoms with Crippen molar-refractivity contribution >= 4 is 16.0 Å². The summed E-state index contributed by atoms with van der Waals surface area (Å²) in [6.45, 7) is 2.25. The number of hydrogen-bond acceptors (Lipinski definition) is 4. The van der Waals surface area contributed by atoms with Crippen LogP contribution in [0.3, 0.4) is 0 Å². The molecule has 1 aliphatic heterocycles. The maximum Gasteiger partial charge on any atom is 0.310 e. The zero-order valence-electron chi connectivity index (χ0n) is 12.7. The first-order chi connectivity index (χ1) is 10.3. The molecule has 0 aliphatic carbocycles. The Kier molecular flexibility index (Phi) is 5.18. The molecule has 2 atom stereocenters. The summed E-state index contributed by atoms with van der Waals surface area (Å²) in [6, 6.07) is 5.89. The first-order valence-corrected chi connectivity index (χ1v) is 9.03. The predicted octanol–water partition coefficient (Wildman–Crippen LogP) is 2.10. The van der Waals surface area contributed by atoms with Crippen molar-refractivity contribution in [1.82, 2.24) is 4.31 Å². The van der Waals surface area contributed by atoms with Gasteiger partial charge in [-0.1, -0.05) is 12.1 Å². The van der Waals surface area contributed by atoms with Crippen LogP contribution in [0.2, 0.25) is 0 Å². The highest BCUT2D eigenvalue weighted by Crippen LogP contribution is 2.24. The average Bonchev–Trinajstić information content (AvgIpc) is 2.46. The third-order valence-electron chi connectivity index (χ3n) is 3.80. The minimum absolute atomic E-state index is 0.146. The quantitative estimate of drug-likeness (QED) is 0.794. The van der Waals surface area contributed by atoms with Gasteiger partial charge < -0.3 is 4.74 Å². The van der Waals surface area contributed by atoms with Crippen molar-refractivity contribution in [3.63, 3.8) is 0 Å². The molecule has 1 saturated heterocycles. The fourth-order valence-electron chi connectivity index (χ4n) is 2.53. The van der Waals surface area contributed by atoms with Gasteiger partial charge in [-0.15, -0.1) is 0 Å². The molecule has 22 heavy (non-hydrogen) atoms. The molecular formula is C15H20FNO4S. The molecule has 1 heterocycles. The summed E-state index contributed by atoms with van der Waals surface area (Å²) in [4.78, 5) is 12.2. The lowest BCUT2D eigenvalue weighted by Crippen LogP contribution is -2.42. The topological polar surface area (TPSA) is 63.7 Å². The molecule has 7 heteroatoms. The maximum absolute atomic E-state index is 13.2. The Labute approximate surface area is 130 Å². The smallest absolute Gasteiger partial charge is 0.310 e. The van der Waals surface area contributed by atoms with Gasteiger partial charge in [0.05, 0.1) is 12.2 Å². The van der Waals surface area contributed by atoms with E-state index < -0.39 is 28.0 Å². The molecule has 1 aromatic rings. The summed E-state index contributed by atoms with van der Waals surface area (Å²) in [7, 11) is -3.30. The Morgan fingerprint density at radius 1 is 1.45 bits per heavy atom. The van der Waals surface area contributed by atoms with E-state index in [-0.39, 0.29) is 12.4 Å². The Bertz CT molecular complexity index is 647. The van der Waals surface area contributed by atoms with E-state index in [2.05, 4.69) is 0 Å². The summed E-state index contributed by atoms with van der Waals surface area (Å²) in [5, 5.41) is 0. The fraction of sp³-hybridized carbons (Fsp3) is 0.533. The van der Waals surface area contributed by atoms with E-state index in [1.807, 2.05) is 0 Å². The number of sulfonamides is 1. The molecule has 0 spiro atoms. The third-order valence-corrected chi connectivity index (χ3v) is 5.07. The molecule has 1 aliphatic rings. The molecule has 0 unspecified atom stereocenters. The number of ether oxygens (including phenoxy) is 1. The molecule has 0 bridgehead atoms. The summed E-state index contributed by atoms with van der Waals surface area (Å²) in [5.41, 5.74) is 0.573. The number of nitrogens with zero attached hydrogens (tertiary/aromatic N) is 1. The fourth-order valence-corrected chi connectivity index (χ4v) is 3.45. The van der Waals surface area contributed by atoms with Gasteiger partial charge in [0.25, 0.3) is 0 Å². The van der Waals surface area contributed by atoms with E-state index in [0.717, 1.165) is 6.26 Å². The molecular weight excluding hydrogens is 309 g/mol. The molecule has 2 rings (SSSR count). The largest absolute Gasteiger partial charge is 0.458 e. The van der Waals surface area contributed by atoms with Gasteiger partial charge in [-0.2, -0.15) is 0 Å². The van der Waals surface area contributed by atoms with Crippen LogP contribution < -0.4 is 0 Å². The lowest BCUT2D eigenvalue weighted by atomic mass is 10.00. The Hall–Kier alpha value is -1.47. The number of benzene rings is 1.